The number of nitrogens with zero attached hydrogens (tertiary/aromatic N) is 1. The summed E-state index contributed by atoms with van der Waals surface area (Å²) in [7, 11) is 0. The van der Waals surface area contributed by atoms with Crippen molar-refractivity contribution in [2.24, 2.45) is 0 Å². The quantitative estimate of drug-likeness (QED) is 0.693. The number of aliphatic hydroxyl groups is 1. The second-order valence-electron chi connectivity index (χ2n) is 4.44. The molecule has 6 nitrogen and oxygen atoms in total. The maximum Gasteiger partial charge on any atom is 0.326 e. The van der Waals surface area contributed by atoms with E-state index in [-0.39, 0.29) is 13.0 Å². The lowest BCUT2D eigenvalue weighted by atomic mass is 10.1. The first-order valence-corrected chi connectivity index (χ1v) is 6.46. The minimum absolute atomic E-state index is 0.0196. The van der Waals surface area contributed by atoms with Gasteiger partial charge >= 0.3 is 5.97 Å². The molecule has 102 valence electrons. The first-order valence-electron chi connectivity index (χ1n) is 5.67. The van der Waals surface area contributed by atoms with E-state index in [1.807, 2.05) is 0 Å². The molecule has 0 unspecified atom stereocenters. The number of aliphatic hydroxyl groups excluding tert-OH is 1. The van der Waals surface area contributed by atoms with Crippen LogP contribution in [0.3, 0.4) is 0 Å². The van der Waals surface area contributed by atoms with E-state index in [1.165, 1.54) is 6.07 Å². The Balaban J connectivity index is 2.27. The van der Waals surface area contributed by atoms with Crippen molar-refractivity contribution in [2.45, 2.75) is 18.6 Å². The number of aliphatic carboxylic acids is 1. The Hall–Kier alpha value is -1.60. The number of β-amino-alcohol motifs (C(OH)–C–C–N with tert-alkyl or cyclic N) is 1. The van der Waals surface area contributed by atoms with E-state index in [2.05, 4.69) is 15.9 Å². The van der Waals surface area contributed by atoms with Crippen molar-refractivity contribution in [3.8, 4) is 0 Å². The molecule has 1 fully saturated rings. The van der Waals surface area contributed by atoms with Crippen LogP contribution in [0.4, 0.5) is 5.69 Å². The number of carboxylic acid groups (broad SMARTS) is 1. The number of hydrogen-bond donors (Lipinski definition) is 3. The highest BCUT2D eigenvalue weighted by atomic mass is 79.9. The van der Waals surface area contributed by atoms with Crippen molar-refractivity contribution in [1.82, 2.24) is 4.90 Å². The van der Waals surface area contributed by atoms with Crippen LogP contribution in [0.5, 0.6) is 0 Å². The second kappa shape index (κ2) is 5.18. The second-order valence-corrected chi connectivity index (χ2v) is 5.29. The number of rotatable bonds is 2. The summed E-state index contributed by atoms with van der Waals surface area (Å²) in [5.74, 6) is -1.56. The molecular weight excluding hydrogens is 316 g/mol. The van der Waals surface area contributed by atoms with Gasteiger partial charge in [-0.3, -0.25) is 4.79 Å². The van der Waals surface area contributed by atoms with Gasteiger partial charge in [0.1, 0.15) is 6.04 Å². The third kappa shape index (κ3) is 2.71. The van der Waals surface area contributed by atoms with Crippen molar-refractivity contribution in [3.63, 3.8) is 0 Å². The Morgan fingerprint density at radius 3 is 2.68 bits per heavy atom. The summed E-state index contributed by atoms with van der Waals surface area (Å²) in [5, 5.41) is 18.6. The van der Waals surface area contributed by atoms with E-state index in [0.717, 1.165) is 4.90 Å². The molecule has 0 bridgehead atoms. The van der Waals surface area contributed by atoms with Gasteiger partial charge in [0, 0.05) is 28.7 Å². The first kappa shape index (κ1) is 13.8. The van der Waals surface area contributed by atoms with Gasteiger partial charge < -0.3 is 20.8 Å². The normalized spacial score (nSPS) is 22.5. The van der Waals surface area contributed by atoms with E-state index in [1.54, 1.807) is 12.1 Å². The summed E-state index contributed by atoms with van der Waals surface area (Å²) < 4.78 is 0.667. The molecule has 1 aromatic rings. The predicted octanol–water partition coefficient (Wildman–Crippen LogP) is 0.691. The number of nitrogen functional groups attached to an aromatic ring is 1. The van der Waals surface area contributed by atoms with Gasteiger partial charge in [0.25, 0.3) is 5.91 Å². The van der Waals surface area contributed by atoms with Crippen LogP contribution in [0, 0.1) is 0 Å². The van der Waals surface area contributed by atoms with Crippen LogP contribution in [-0.2, 0) is 4.79 Å². The number of nitrogens with two attached hydrogens (primary N) is 1. The van der Waals surface area contributed by atoms with E-state index >= 15 is 0 Å². The summed E-state index contributed by atoms with van der Waals surface area (Å²) in [5.41, 5.74) is 6.40. The summed E-state index contributed by atoms with van der Waals surface area (Å²) >= 11 is 3.22. The molecular formula is C12H13BrN2O4. The van der Waals surface area contributed by atoms with Gasteiger partial charge in [-0.05, 0) is 34.1 Å². The van der Waals surface area contributed by atoms with Crippen LogP contribution >= 0.6 is 15.9 Å². The number of benzene rings is 1. The Labute approximate surface area is 117 Å². The Morgan fingerprint density at radius 2 is 2.11 bits per heavy atom. The summed E-state index contributed by atoms with van der Waals surface area (Å²) in [6.45, 7) is 0.0196. The fourth-order valence-electron chi connectivity index (χ4n) is 2.11. The molecule has 1 aliphatic rings. The van der Waals surface area contributed by atoms with Crippen LogP contribution in [-0.4, -0.2) is 45.7 Å². The highest BCUT2D eigenvalue weighted by molar-refractivity contribution is 9.10. The van der Waals surface area contributed by atoms with Crippen LogP contribution < -0.4 is 5.73 Å². The lowest BCUT2D eigenvalue weighted by molar-refractivity contribution is -0.141. The Kier molecular flexibility index (Phi) is 3.77. The molecule has 1 heterocycles. The topological polar surface area (TPSA) is 104 Å². The van der Waals surface area contributed by atoms with Crippen LogP contribution in [0.2, 0.25) is 0 Å². The highest BCUT2D eigenvalue weighted by Crippen LogP contribution is 2.24. The fraction of sp³-hybridized carbons (Fsp3) is 0.333. The van der Waals surface area contributed by atoms with Gasteiger partial charge in [0.2, 0.25) is 0 Å². The molecule has 2 atom stereocenters. The molecule has 1 aromatic carbocycles. The third-order valence-electron chi connectivity index (χ3n) is 3.07. The van der Waals surface area contributed by atoms with E-state index < -0.39 is 24.0 Å². The van der Waals surface area contributed by atoms with Crippen LogP contribution in [0.25, 0.3) is 0 Å². The van der Waals surface area contributed by atoms with Crippen molar-refractivity contribution in [3.05, 3.63) is 28.2 Å². The number of hydrogen-bond acceptors (Lipinski definition) is 4. The molecule has 0 aliphatic carbocycles. The smallest absolute Gasteiger partial charge is 0.326 e. The minimum Gasteiger partial charge on any atom is -0.480 e. The van der Waals surface area contributed by atoms with Gasteiger partial charge in [-0.1, -0.05) is 0 Å². The van der Waals surface area contributed by atoms with E-state index in [9.17, 15) is 14.7 Å². The molecule has 1 aliphatic heterocycles. The number of carbonyl (C=O) groups excluding carboxylic acids is 1. The van der Waals surface area contributed by atoms with E-state index in [4.69, 9.17) is 10.8 Å². The van der Waals surface area contributed by atoms with E-state index in [0.29, 0.717) is 15.7 Å². The zero-order valence-corrected chi connectivity index (χ0v) is 11.5. The van der Waals surface area contributed by atoms with Gasteiger partial charge in [-0.15, -0.1) is 0 Å². The zero-order chi connectivity index (χ0) is 14.2. The summed E-state index contributed by atoms with van der Waals surface area (Å²) in [4.78, 5) is 24.5. The predicted molar refractivity (Wildman–Crippen MR) is 71.6 cm³/mol. The lowest BCUT2D eigenvalue weighted by Gasteiger charge is -2.21. The van der Waals surface area contributed by atoms with Crippen LogP contribution in [0.1, 0.15) is 16.8 Å². The third-order valence-corrected chi connectivity index (χ3v) is 3.79. The van der Waals surface area contributed by atoms with Gasteiger partial charge in [-0.25, -0.2) is 4.79 Å². The zero-order valence-electron chi connectivity index (χ0n) is 9.91. The monoisotopic (exact) mass is 328 g/mol. The molecule has 7 heteroatoms. The molecule has 0 aromatic heterocycles. The molecule has 1 amide bonds. The molecule has 0 saturated carbocycles. The van der Waals surface area contributed by atoms with Crippen LogP contribution in [0.15, 0.2) is 22.7 Å². The number of carbonyl (C=O) groups is 2. The van der Waals surface area contributed by atoms with Crippen molar-refractivity contribution < 1.29 is 19.8 Å². The SMILES string of the molecule is Nc1cc(C(=O)N2C[C@H](O)C[C@H]2C(=O)O)ccc1Br. The number of anilines is 1. The molecule has 2 rings (SSSR count). The maximum absolute atomic E-state index is 12.3. The minimum atomic E-state index is -1.12. The Bertz CT molecular complexity index is 534. The average molecular weight is 329 g/mol. The van der Waals surface area contributed by atoms with Crippen molar-refractivity contribution in [2.75, 3.05) is 12.3 Å². The first-order chi connectivity index (χ1) is 8.90. The van der Waals surface area contributed by atoms with Gasteiger partial charge in [0.15, 0.2) is 0 Å². The summed E-state index contributed by atoms with van der Waals surface area (Å²) in [6, 6.07) is 3.68. The molecule has 4 N–H and O–H groups in total. The fourth-order valence-corrected chi connectivity index (χ4v) is 2.36. The highest BCUT2D eigenvalue weighted by Gasteiger charge is 2.39. The lowest BCUT2D eigenvalue weighted by Crippen LogP contribution is -2.40. The Morgan fingerprint density at radius 1 is 1.42 bits per heavy atom. The van der Waals surface area contributed by atoms with Crippen molar-refractivity contribution in [1.29, 1.82) is 0 Å². The van der Waals surface area contributed by atoms with Crippen molar-refractivity contribution >= 4 is 33.5 Å². The summed E-state index contributed by atoms with van der Waals surface area (Å²) in [6.07, 6.45) is -0.759. The van der Waals surface area contributed by atoms with Gasteiger partial charge in [0.05, 0.1) is 6.10 Å². The van der Waals surface area contributed by atoms with Gasteiger partial charge in [-0.2, -0.15) is 0 Å². The standard InChI is InChI=1S/C12H13BrN2O4/c13-8-2-1-6(3-9(8)14)11(17)15-5-7(16)4-10(15)12(18)19/h1-3,7,10,16H,4-5,14H2,(H,18,19)/t7-,10+/m1/s1. The number of halogens is 1. The molecule has 1 saturated heterocycles. The average Bonchev–Trinajstić information content (AvgIpc) is 2.74. The molecule has 19 heavy (non-hydrogen) atoms. The molecule has 0 radical (unpaired) electrons. The molecule has 0 spiro atoms. The number of likely N-dealkylation sites (tertiary alicyclic amines) is 1. The number of carboxylic acids is 1. The number of amides is 1. The maximum atomic E-state index is 12.3. The largest absolute Gasteiger partial charge is 0.480 e.